The molecule has 1 aliphatic carbocycles. The second kappa shape index (κ2) is 5.92. The molecule has 2 rings (SSSR count). The lowest BCUT2D eigenvalue weighted by Crippen LogP contribution is -2.44. The van der Waals surface area contributed by atoms with Crippen LogP contribution in [0.2, 0.25) is 0 Å². The van der Waals surface area contributed by atoms with Gasteiger partial charge in [-0.2, -0.15) is 0 Å². The van der Waals surface area contributed by atoms with Crippen molar-refractivity contribution in [2.75, 3.05) is 6.54 Å². The Balaban J connectivity index is 1.91. The van der Waals surface area contributed by atoms with Gasteiger partial charge >= 0.3 is 0 Å². The van der Waals surface area contributed by atoms with Crippen molar-refractivity contribution in [2.45, 2.75) is 45.6 Å². The molecule has 1 nitrogen and oxygen atoms in total. The van der Waals surface area contributed by atoms with Gasteiger partial charge in [0.15, 0.2) is 0 Å². The predicted molar refractivity (Wildman–Crippen MR) is 81.8 cm³/mol. The molecule has 0 spiro atoms. The van der Waals surface area contributed by atoms with Crippen molar-refractivity contribution in [3.8, 4) is 0 Å². The Bertz CT molecular complexity index is 439. The summed E-state index contributed by atoms with van der Waals surface area (Å²) < 4.78 is 14.1. The van der Waals surface area contributed by atoms with Gasteiger partial charge in [-0.3, -0.25) is 0 Å². The van der Waals surface area contributed by atoms with E-state index in [1.807, 2.05) is 6.07 Å². The third-order valence-corrected chi connectivity index (χ3v) is 4.87. The fourth-order valence-corrected chi connectivity index (χ4v) is 3.03. The Morgan fingerprint density at radius 3 is 2.53 bits per heavy atom. The van der Waals surface area contributed by atoms with Gasteiger partial charge in [0.05, 0.1) is 4.47 Å². The minimum Gasteiger partial charge on any atom is -0.312 e. The fourth-order valence-electron chi connectivity index (χ4n) is 2.60. The standard InChI is InChI=1S/C16H23BrFN/c1-16(2,3)19-10-13-8-7-11(13)9-12-5-4-6-14(18)15(12)17/h4-6,11,13,19H,7-10H2,1-3H3. The third kappa shape index (κ3) is 4.03. The molecule has 1 saturated carbocycles. The first-order valence-corrected chi connectivity index (χ1v) is 7.84. The number of hydrogen-bond acceptors (Lipinski definition) is 1. The Morgan fingerprint density at radius 2 is 1.95 bits per heavy atom. The van der Waals surface area contributed by atoms with Crippen molar-refractivity contribution < 1.29 is 4.39 Å². The van der Waals surface area contributed by atoms with Gasteiger partial charge in [0.25, 0.3) is 0 Å². The SMILES string of the molecule is CC(C)(C)NCC1CCC1Cc1cccc(F)c1Br. The number of nitrogens with one attached hydrogen (secondary N) is 1. The van der Waals surface area contributed by atoms with Crippen LogP contribution in [0.3, 0.4) is 0 Å². The summed E-state index contributed by atoms with van der Waals surface area (Å²) in [5.41, 5.74) is 1.28. The summed E-state index contributed by atoms with van der Waals surface area (Å²) in [5, 5.41) is 3.58. The molecule has 1 aliphatic rings. The molecular formula is C16H23BrFN. The molecule has 2 atom stereocenters. The number of hydrogen-bond donors (Lipinski definition) is 1. The lowest BCUT2D eigenvalue weighted by Gasteiger charge is -2.39. The zero-order valence-corrected chi connectivity index (χ0v) is 13.6. The molecule has 0 radical (unpaired) electrons. The number of benzene rings is 1. The zero-order valence-electron chi connectivity index (χ0n) is 12.0. The van der Waals surface area contributed by atoms with Crippen LogP contribution in [0, 0.1) is 17.7 Å². The van der Waals surface area contributed by atoms with E-state index in [1.165, 1.54) is 18.9 Å². The second-order valence-corrected chi connectivity index (χ2v) is 7.44. The predicted octanol–water partition coefficient (Wildman–Crippen LogP) is 4.55. The topological polar surface area (TPSA) is 12.0 Å². The van der Waals surface area contributed by atoms with Gasteiger partial charge < -0.3 is 5.32 Å². The summed E-state index contributed by atoms with van der Waals surface area (Å²) in [6.07, 6.45) is 3.54. The van der Waals surface area contributed by atoms with Crippen LogP contribution in [-0.4, -0.2) is 12.1 Å². The molecule has 0 bridgehead atoms. The van der Waals surface area contributed by atoms with E-state index in [2.05, 4.69) is 42.0 Å². The average molecular weight is 328 g/mol. The van der Waals surface area contributed by atoms with Crippen LogP contribution in [0.25, 0.3) is 0 Å². The first-order valence-electron chi connectivity index (χ1n) is 7.05. The van der Waals surface area contributed by atoms with Gasteiger partial charge in [0, 0.05) is 5.54 Å². The molecule has 3 heteroatoms. The lowest BCUT2D eigenvalue weighted by atomic mass is 9.70. The molecule has 0 aliphatic heterocycles. The van der Waals surface area contributed by atoms with Crippen molar-refractivity contribution in [3.05, 3.63) is 34.1 Å². The van der Waals surface area contributed by atoms with Gasteiger partial charge in [0.2, 0.25) is 0 Å². The molecule has 19 heavy (non-hydrogen) atoms. The van der Waals surface area contributed by atoms with Crippen molar-refractivity contribution in [1.29, 1.82) is 0 Å². The van der Waals surface area contributed by atoms with Crippen LogP contribution in [0.1, 0.15) is 39.2 Å². The quantitative estimate of drug-likeness (QED) is 0.855. The number of rotatable bonds is 4. The molecule has 0 amide bonds. The van der Waals surface area contributed by atoms with Crippen molar-refractivity contribution in [3.63, 3.8) is 0 Å². The highest BCUT2D eigenvalue weighted by Gasteiger charge is 2.31. The first kappa shape index (κ1) is 15.0. The second-order valence-electron chi connectivity index (χ2n) is 6.65. The largest absolute Gasteiger partial charge is 0.312 e. The Labute approximate surface area is 124 Å². The molecule has 1 fully saturated rings. The van der Waals surface area contributed by atoms with Gasteiger partial charge in [-0.15, -0.1) is 0 Å². The maximum atomic E-state index is 13.5. The minimum atomic E-state index is -0.152. The fraction of sp³-hybridized carbons (Fsp3) is 0.625. The van der Waals surface area contributed by atoms with Crippen LogP contribution in [0.4, 0.5) is 4.39 Å². The van der Waals surface area contributed by atoms with Crippen LogP contribution in [-0.2, 0) is 6.42 Å². The normalized spacial score (nSPS) is 23.2. The summed E-state index contributed by atoms with van der Waals surface area (Å²) in [6, 6.07) is 5.34. The Morgan fingerprint density at radius 1 is 1.26 bits per heavy atom. The summed E-state index contributed by atoms with van der Waals surface area (Å²) in [7, 11) is 0. The maximum absolute atomic E-state index is 13.5. The van der Waals surface area contributed by atoms with Crippen LogP contribution < -0.4 is 5.32 Å². The molecule has 1 N–H and O–H groups in total. The molecule has 1 aromatic carbocycles. The molecule has 0 heterocycles. The van der Waals surface area contributed by atoms with E-state index >= 15 is 0 Å². The monoisotopic (exact) mass is 327 g/mol. The minimum absolute atomic E-state index is 0.152. The smallest absolute Gasteiger partial charge is 0.137 e. The van der Waals surface area contributed by atoms with E-state index in [4.69, 9.17) is 0 Å². The number of halogens is 2. The van der Waals surface area contributed by atoms with E-state index in [0.717, 1.165) is 24.4 Å². The molecule has 0 saturated heterocycles. The van der Waals surface area contributed by atoms with Gasteiger partial charge in [-0.25, -0.2) is 4.39 Å². The summed E-state index contributed by atoms with van der Waals surface area (Å²) >= 11 is 3.36. The van der Waals surface area contributed by atoms with Gasteiger partial charge in [-0.05, 0) is 86.0 Å². The maximum Gasteiger partial charge on any atom is 0.137 e. The average Bonchev–Trinajstić information content (AvgIpc) is 2.28. The molecule has 2 unspecified atom stereocenters. The highest BCUT2D eigenvalue weighted by Crippen LogP contribution is 2.38. The van der Waals surface area contributed by atoms with Crippen molar-refractivity contribution >= 4 is 15.9 Å². The summed E-state index contributed by atoms with van der Waals surface area (Å²) in [5.74, 6) is 1.27. The van der Waals surface area contributed by atoms with E-state index in [0.29, 0.717) is 10.4 Å². The van der Waals surface area contributed by atoms with Crippen LogP contribution in [0.5, 0.6) is 0 Å². The van der Waals surface area contributed by atoms with E-state index in [-0.39, 0.29) is 11.4 Å². The van der Waals surface area contributed by atoms with E-state index in [9.17, 15) is 4.39 Å². The Kier molecular flexibility index (Phi) is 4.67. The van der Waals surface area contributed by atoms with Crippen molar-refractivity contribution in [1.82, 2.24) is 5.32 Å². The summed E-state index contributed by atoms with van der Waals surface area (Å²) in [6.45, 7) is 7.67. The molecule has 0 aromatic heterocycles. The molecular weight excluding hydrogens is 305 g/mol. The third-order valence-electron chi connectivity index (χ3n) is 3.98. The van der Waals surface area contributed by atoms with Crippen molar-refractivity contribution in [2.24, 2.45) is 11.8 Å². The van der Waals surface area contributed by atoms with E-state index < -0.39 is 0 Å². The highest BCUT2D eigenvalue weighted by atomic mass is 79.9. The van der Waals surface area contributed by atoms with Gasteiger partial charge in [0.1, 0.15) is 5.82 Å². The van der Waals surface area contributed by atoms with E-state index in [1.54, 1.807) is 6.07 Å². The molecule has 1 aromatic rings. The zero-order chi connectivity index (χ0) is 14.0. The first-order chi connectivity index (χ1) is 8.87. The Hall–Kier alpha value is -0.410. The summed E-state index contributed by atoms with van der Waals surface area (Å²) in [4.78, 5) is 0. The van der Waals surface area contributed by atoms with Crippen LogP contribution in [0.15, 0.2) is 22.7 Å². The van der Waals surface area contributed by atoms with Crippen LogP contribution >= 0.6 is 15.9 Å². The lowest BCUT2D eigenvalue weighted by molar-refractivity contribution is 0.159. The van der Waals surface area contributed by atoms with Gasteiger partial charge in [-0.1, -0.05) is 12.1 Å². The highest BCUT2D eigenvalue weighted by molar-refractivity contribution is 9.10. The molecule has 106 valence electrons.